The van der Waals surface area contributed by atoms with Crippen LogP contribution >= 0.6 is 0 Å². The molecular formula is C6H10N2O2S. The van der Waals surface area contributed by atoms with Gasteiger partial charge in [-0.05, 0) is 6.92 Å². The summed E-state index contributed by atoms with van der Waals surface area (Å²) in [7, 11) is -1.28. The lowest BCUT2D eigenvalue weighted by Crippen LogP contribution is -2.22. The molecule has 4 nitrogen and oxygen atoms in total. The van der Waals surface area contributed by atoms with Gasteiger partial charge in [-0.3, -0.25) is 9.00 Å². The van der Waals surface area contributed by atoms with Crippen molar-refractivity contribution in [1.82, 2.24) is 0 Å². The number of carbonyl (C=O) groups is 1. The van der Waals surface area contributed by atoms with Gasteiger partial charge in [0.25, 0.3) is 0 Å². The largest absolute Gasteiger partial charge is 0.369 e. The molecule has 0 heterocycles. The SMILES string of the molecule is CC(C#N)CS(=O)CC(N)=O. The smallest absolute Gasteiger partial charge is 0.230 e. The summed E-state index contributed by atoms with van der Waals surface area (Å²) in [4.78, 5) is 10.2. The van der Waals surface area contributed by atoms with E-state index in [1.165, 1.54) is 0 Å². The number of primary amides is 1. The van der Waals surface area contributed by atoms with Gasteiger partial charge >= 0.3 is 0 Å². The van der Waals surface area contributed by atoms with E-state index in [1.54, 1.807) is 6.92 Å². The lowest BCUT2D eigenvalue weighted by molar-refractivity contribution is -0.115. The summed E-state index contributed by atoms with van der Waals surface area (Å²) in [6.07, 6.45) is 0. The van der Waals surface area contributed by atoms with Crippen LogP contribution in [-0.2, 0) is 15.6 Å². The quantitative estimate of drug-likeness (QED) is 0.616. The Balaban J connectivity index is 3.72. The van der Waals surface area contributed by atoms with Gasteiger partial charge < -0.3 is 5.73 Å². The number of nitrogens with zero attached hydrogens (tertiary/aromatic N) is 1. The van der Waals surface area contributed by atoms with E-state index in [0.717, 1.165) is 0 Å². The fraction of sp³-hybridized carbons (Fsp3) is 0.667. The van der Waals surface area contributed by atoms with Crippen LogP contribution in [0, 0.1) is 17.2 Å². The molecule has 0 aliphatic carbocycles. The molecule has 0 aromatic rings. The predicted molar refractivity (Wildman–Crippen MR) is 41.8 cm³/mol. The Morgan fingerprint density at radius 3 is 2.73 bits per heavy atom. The van der Waals surface area contributed by atoms with Crippen LogP contribution in [0.2, 0.25) is 0 Å². The average molecular weight is 174 g/mol. The van der Waals surface area contributed by atoms with Crippen LogP contribution in [0.15, 0.2) is 0 Å². The molecular weight excluding hydrogens is 164 g/mol. The maximum atomic E-state index is 10.9. The molecule has 2 unspecified atom stereocenters. The van der Waals surface area contributed by atoms with Crippen LogP contribution in [0.3, 0.4) is 0 Å². The third-order valence-electron chi connectivity index (χ3n) is 0.960. The Morgan fingerprint density at radius 1 is 1.82 bits per heavy atom. The maximum absolute atomic E-state index is 10.9. The van der Waals surface area contributed by atoms with Gasteiger partial charge in [-0.25, -0.2) is 0 Å². The van der Waals surface area contributed by atoms with E-state index < -0.39 is 16.7 Å². The molecule has 5 heteroatoms. The number of nitrogens with two attached hydrogens (primary N) is 1. The summed E-state index contributed by atoms with van der Waals surface area (Å²) in [5, 5.41) is 8.32. The van der Waals surface area contributed by atoms with Gasteiger partial charge in [0.15, 0.2) is 0 Å². The minimum atomic E-state index is -1.28. The molecule has 0 aromatic heterocycles. The molecule has 62 valence electrons. The van der Waals surface area contributed by atoms with E-state index in [2.05, 4.69) is 0 Å². The van der Waals surface area contributed by atoms with Gasteiger partial charge in [-0.1, -0.05) is 0 Å². The van der Waals surface area contributed by atoms with Crippen molar-refractivity contribution < 1.29 is 9.00 Å². The summed E-state index contributed by atoms with van der Waals surface area (Å²) in [5.74, 6) is -0.797. The van der Waals surface area contributed by atoms with E-state index in [4.69, 9.17) is 11.0 Å². The fourth-order valence-corrected chi connectivity index (χ4v) is 1.60. The molecule has 0 aromatic carbocycles. The van der Waals surface area contributed by atoms with Crippen molar-refractivity contribution in [3.8, 4) is 6.07 Å². The van der Waals surface area contributed by atoms with E-state index >= 15 is 0 Å². The molecule has 11 heavy (non-hydrogen) atoms. The number of rotatable bonds is 4. The van der Waals surface area contributed by atoms with Crippen LogP contribution in [0.4, 0.5) is 0 Å². The number of amides is 1. The fourth-order valence-electron chi connectivity index (χ4n) is 0.534. The van der Waals surface area contributed by atoms with Crippen molar-refractivity contribution in [1.29, 1.82) is 5.26 Å². The molecule has 0 bridgehead atoms. The first-order valence-corrected chi connectivity index (χ1v) is 4.58. The van der Waals surface area contributed by atoms with E-state index in [-0.39, 0.29) is 17.4 Å². The standard InChI is InChI=1S/C6H10N2O2S/c1-5(2-7)3-11(10)4-6(8)9/h5H,3-4H2,1H3,(H2,8,9). The second-order valence-electron chi connectivity index (χ2n) is 2.25. The Labute approximate surface area is 67.8 Å². The zero-order chi connectivity index (χ0) is 8.85. The summed E-state index contributed by atoms with van der Waals surface area (Å²) in [6, 6.07) is 1.92. The van der Waals surface area contributed by atoms with Crippen LogP contribution in [0.1, 0.15) is 6.92 Å². The monoisotopic (exact) mass is 174 g/mol. The number of hydrogen-bond donors (Lipinski definition) is 1. The molecule has 0 saturated carbocycles. The van der Waals surface area contributed by atoms with Crippen molar-refractivity contribution >= 4 is 16.7 Å². The molecule has 0 fully saturated rings. The maximum Gasteiger partial charge on any atom is 0.230 e. The Hall–Kier alpha value is -0.890. The highest BCUT2D eigenvalue weighted by Gasteiger charge is 2.08. The van der Waals surface area contributed by atoms with E-state index in [9.17, 15) is 9.00 Å². The minimum absolute atomic E-state index is 0.147. The van der Waals surface area contributed by atoms with Gasteiger partial charge in [0.05, 0.1) is 12.0 Å². The average Bonchev–Trinajstić information content (AvgIpc) is 1.85. The lowest BCUT2D eigenvalue weighted by atomic mass is 10.3. The second kappa shape index (κ2) is 4.85. The van der Waals surface area contributed by atoms with Gasteiger partial charge in [0.1, 0.15) is 5.75 Å². The second-order valence-corrected chi connectivity index (χ2v) is 3.75. The first-order valence-electron chi connectivity index (χ1n) is 3.09. The molecule has 0 spiro atoms. The first-order chi connectivity index (χ1) is 5.06. The third-order valence-corrected chi connectivity index (χ3v) is 2.44. The molecule has 2 atom stereocenters. The van der Waals surface area contributed by atoms with Crippen molar-refractivity contribution in [2.45, 2.75) is 6.92 Å². The van der Waals surface area contributed by atoms with Crippen molar-refractivity contribution in [3.63, 3.8) is 0 Å². The highest BCUT2D eigenvalue weighted by Crippen LogP contribution is 1.95. The van der Waals surface area contributed by atoms with E-state index in [0.29, 0.717) is 0 Å². The molecule has 2 N–H and O–H groups in total. The topological polar surface area (TPSA) is 83.9 Å². The van der Waals surface area contributed by atoms with Gasteiger partial charge in [0, 0.05) is 16.6 Å². The molecule has 0 aliphatic rings. The summed E-state index contributed by atoms with van der Waals surface area (Å²) >= 11 is 0. The number of nitriles is 1. The highest BCUT2D eigenvalue weighted by atomic mass is 32.2. The molecule has 1 amide bonds. The van der Waals surface area contributed by atoms with Crippen LogP contribution in [-0.4, -0.2) is 21.6 Å². The van der Waals surface area contributed by atoms with Crippen LogP contribution in [0.25, 0.3) is 0 Å². The molecule has 0 aliphatic heterocycles. The van der Waals surface area contributed by atoms with Crippen molar-refractivity contribution in [2.24, 2.45) is 11.7 Å². The van der Waals surface area contributed by atoms with E-state index in [1.807, 2.05) is 6.07 Å². The molecule has 0 rings (SSSR count). The highest BCUT2D eigenvalue weighted by molar-refractivity contribution is 7.85. The Morgan fingerprint density at radius 2 is 2.36 bits per heavy atom. The van der Waals surface area contributed by atoms with Gasteiger partial charge in [-0.15, -0.1) is 0 Å². The summed E-state index contributed by atoms with van der Waals surface area (Å²) in [5.41, 5.74) is 4.80. The zero-order valence-corrected chi connectivity index (χ0v) is 7.06. The van der Waals surface area contributed by atoms with Crippen LogP contribution < -0.4 is 5.73 Å². The molecule has 0 radical (unpaired) electrons. The lowest BCUT2D eigenvalue weighted by Gasteiger charge is -1.99. The Kier molecular flexibility index (Phi) is 4.46. The van der Waals surface area contributed by atoms with Crippen molar-refractivity contribution in [2.75, 3.05) is 11.5 Å². The third kappa shape index (κ3) is 5.55. The molecule has 0 saturated heterocycles. The summed E-state index contributed by atoms with van der Waals surface area (Å²) in [6.45, 7) is 1.65. The first kappa shape index (κ1) is 10.1. The normalized spacial score (nSPS) is 14.9. The zero-order valence-electron chi connectivity index (χ0n) is 6.24. The van der Waals surface area contributed by atoms with Gasteiger partial charge in [0.2, 0.25) is 5.91 Å². The van der Waals surface area contributed by atoms with Crippen molar-refractivity contribution in [3.05, 3.63) is 0 Å². The Bertz CT molecular complexity index is 209. The van der Waals surface area contributed by atoms with Crippen LogP contribution in [0.5, 0.6) is 0 Å². The number of hydrogen-bond acceptors (Lipinski definition) is 3. The minimum Gasteiger partial charge on any atom is -0.369 e. The number of carbonyl (C=O) groups excluding carboxylic acids is 1. The summed E-state index contributed by atoms with van der Waals surface area (Å²) < 4.78 is 10.9. The predicted octanol–water partition coefficient (Wildman–Crippen LogP) is -0.620. The van der Waals surface area contributed by atoms with Gasteiger partial charge in [-0.2, -0.15) is 5.26 Å².